The Labute approximate surface area is 182 Å². The lowest BCUT2D eigenvalue weighted by atomic mass is 10.1. The predicted molar refractivity (Wildman–Crippen MR) is 120 cm³/mol. The molecule has 0 aromatic heterocycles. The zero-order valence-electron chi connectivity index (χ0n) is 17.9. The Hall–Kier alpha value is -2.67. The second-order valence-electron chi connectivity index (χ2n) is 7.30. The second-order valence-corrected chi connectivity index (χ2v) is 8.18. The Morgan fingerprint density at radius 1 is 1.13 bits per heavy atom. The highest BCUT2D eigenvalue weighted by molar-refractivity contribution is 7.98. The zero-order chi connectivity index (χ0) is 21.7. The number of rotatable bonds is 8. The van der Waals surface area contributed by atoms with Gasteiger partial charge in [-0.2, -0.15) is 0 Å². The molecule has 2 aromatic carbocycles. The van der Waals surface area contributed by atoms with Gasteiger partial charge in [-0.1, -0.05) is 6.07 Å². The van der Waals surface area contributed by atoms with Crippen molar-refractivity contribution >= 4 is 29.3 Å². The number of anilines is 1. The maximum absolute atomic E-state index is 12.9. The van der Waals surface area contributed by atoms with Gasteiger partial charge in [0, 0.05) is 37.1 Å². The molecule has 0 spiro atoms. The lowest BCUT2D eigenvalue weighted by Gasteiger charge is -2.22. The van der Waals surface area contributed by atoms with Crippen LogP contribution in [0.2, 0.25) is 0 Å². The molecular formula is C23H28N2O4S. The number of methoxy groups -OCH3 is 2. The van der Waals surface area contributed by atoms with Crippen molar-refractivity contribution in [2.24, 2.45) is 5.92 Å². The predicted octanol–water partition coefficient (Wildman–Crippen LogP) is 3.48. The third kappa shape index (κ3) is 4.90. The van der Waals surface area contributed by atoms with Crippen LogP contribution in [0.1, 0.15) is 12.0 Å². The first-order chi connectivity index (χ1) is 14.5. The number of hydrogen-bond donors (Lipinski definition) is 0. The van der Waals surface area contributed by atoms with Crippen LogP contribution in [0.25, 0.3) is 0 Å². The summed E-state index contributed by atoms with van der Waals surface area (Å²) in [6.45, 7) is 0.998. The molecule has 3 rings (SSSR count). The van der Waals surface area contributed by atoms with E-state index in [1.165, 1.54) is 0 Å². The van der Waals surface area contributed by atoms with E-state index in [0.29, 0.717) is 31.0 Å². The van der Waals surface area contributed by atoms with Crippen LogP contribution in [0.5, 0.6) is 11.5 Å². The maximum atomic E-state index is 12.9. The maximum Gasteiger partial charge on any atom is 0.227 e. The van der Waals surface area contributed by atoms with Gasteiger partial charge in [0.05, 0.1) is 20.1 Å². The van der Waals surface area contributed by atoms with Crippen LogP contribution in [0.4, 0.5) is 5.69 Å². The molecule has 1 aliphatic rings. The molecular weight excluding hydrogens is 400 g/mol. The van der Waals surface area contributed by atoms with Gasteiger partial charge in [-0.3, -0.25) is 9.59 Å². The Morgan fingerprint density at radius 3 is 2.47 bits per heavy atom. The largest absolute Gasteiger partial charge is 0.493 e. The van der Waals surface area contributed by atoms with E-state index in [0.717, 1.165) is 16.1 Å². The topological polar surface area (TPSA) is 59.1 Å². The van der Waals surface area contributed by atoms with Gasteiger partial charge in [-0.15, -0.1) is 11.8 Å². The summed E-state index contributed by atoms with van der Waals surface area (Å²) in [7, 11) is 5.01. The molecule has 1 aliphatic heterocycles. The van der Waals surface area contributed by atoms with Crippen molar-refractivity contribution in [2.75, 3.05) is 45.5 Å². The van der Waals surface area contributed by atoms with E-state index in [2.05, 4.69) is 0 Å². The van der Waals surface area contributed by atoms with Crippen molar-refractivity contribution in [3.8, 4) is 11.5 Å². The molecule has 30 heavy (non-hydrogen) atoms. The van der Waals surface area contributed by atoms with Crippen molar-refractivity contribution < 1.29 is 19.1 Å². The Bertz CT molecular complexity index is 901. The lowest BCUT2D eigenvalue weighted by molar-refractivity contribution is -0.134. The number of amides is 2. The molecule has 1 heterocycles. The minimum Gasteiger partial charge on any atom is -0.493 e. The summed E-state index contributed by atoms with van der Waals surface area (Å²) in [5, 5.41) is 0. The molecule has 1 unspecified atom stereocenters. The Balaban J connectivity index is 1.59. The molecule has 1 fully saturated rings. The molecule has 6 nitrogen and oxygen atoms in total. The van der Waals surface area contributed by atoms with Gasteiger partial charge in [-0.25, -0.2) is 0 Å². The van der Waals surface area contributed by atoms with E-state index in [4.69, 9.17) is 9.47 Å². The van der Waals surface area contributed by atoms with Crippen LogP contribution in [0.3, 0.4) is 0 Å². The third-order valence-corrected chi connectivity index (χ3v) is 6.16. The van der Waals surface area contributed by atoms with Gasteiger partial charge < -0.3 is 19.3 Å². The van der Waals surface area contributed by atoms with Crippen LogP contribution in [-0.4, -0.2) is 57.3 Å². The molecule has 0 saturated carbocycles. The minimum absolute atomic E-state index is 0.00135. The smallest absolute Gasteiger partial charge is 0.227 e. The molecule has 0 bridgehead atoms. The minimum atomic E-state index is -0.312. The van der Waals surface area contributed by atoms with E-state index in [1.807, 2.05) is 48.7 Å². The van der Waals surface area contributed by atoms with Gasteiger partial charge in [0.15, 0.2) is 11.5 Å². The number of carbonyl (C=O) groups is 2. The SMILES string of the molecule is COc1ccc(CCN(C)C(=O)C2CC(=O)N(c3ccc(SC)cc3)C2)cc1OC. The molecule has 7 heteroatoms. The summed E-state index contributed by atoms with van der Waals surface area (Å²) in [4.78, 5) is 30.0. The van der Waals surface area contributed by atoms with Gasteiger partial charge in [0.1, 0.15) is 0 Å². The Morgan fingerprint density at radius 2 is 1.83 bits per heavy atom. The number of ether oxygens (including phenoxy) is 2. The molecule has 0 radical (unpaired) electrons. The standard InChI is InChI=1S/C23H28N2O4S/c1-24(12-11-16-5-10-20(28-2)21(13-16)29-3)23(27)17-14-22(26)25(15-17)18-6-8-19(30-4)9-7-18/h5-10,13,17H,11-12,14-15H2,1-4H3. The zero-order valence-corrected chi connectivity index (χ0v) is 18.7. The van der Waals surface area contributed by atoms with E-state index in [-0.39, 0.29) is 24.2 Å². The third-order valence-electron chi connectivity index (χ3n) is 5.42. The van der Waals surface area contributed by atoms with Crippen molar-refractivity contribution in [1.29, 1.82) is 0 Å². The fourth-order valence-corrected chi connectivity index (χ4v) is 4.05. The van der Waals surface area contributed by atoms with E-state index >= 15 is 0 Å². The summed E-state index contributed by atoms with van der Waals surface area (Å²) >= 11 is 1.66. The summed E-state index contributed by atoms with van der Waals surface area (Å²) in [5.41, 5.74) is 1.91. The number of thioether (sulfide) groups is 1. The first-order valence-corrected chi connectivity index (χ1v) is 11.1. The number of hydrogen-bond acceptors (Lipinski definition) is 5. The highest BCUT2D eigenvalue weighted by Crippen LogP contribution is 2.29. The van der Waals surface area contributed by atoms with Crippen LogP contribution < -0.4 is 14.4 Å². The molecule has 0 N–H and O–H groups in total. The van der Waals surface area contributed by atoms with Crippen LogP contribution in [0.15, 0.2) is 47.4 Å². The number of benzene rings is 2. The van der Waals surface area contributed by atoms with Crippen LogP contribution >= 0.6 is 11.8 Å². The van der Waals surface area contributed by atoms with Gasteiger partial charge in [0.25, 0.3) is 0 Å². The second kappa shape index (κ2) is 9.89. The molecule has 160 valence electrons. The summed E-state index contributed by atoms with van der Waals surface area (Å²) < 4.78 is 10.6. The Kier molecular flexibility index (Phi) is 7.26. The van der Waals surface area contributed by atoms with Crippen LogP contribution in [-0.2, 0) is 16.0 Å². The normalized spacial score (nSPS) is 15.9. The first kappa shape index (κ1) is 22.0. The van der Waals surface area contributed by atoms with Crippen molar-refractivity contribution in [2.45, 2.75) is 17.7 Å². The molecule has 0 aliphatic carbocycles. The van der Waals surface area contributed by atoms with E-state index < -0.39 is 0 Å². The molecule has 2 amide bonds. The number of carbonyl (C=O) groups excluding carboxylic acids is 2. The van der Waals surface area contributed by atoms with Gasteiger partial charge in [-0.05, 0) is 54.6 Å². The highest BCUT2D eigenvalue weighted by Gasteiger charge is 2.36. The average molecular weight is 429 g/mol. The monoisotopic (exact) mass is 428 g/mol. The number of nitrogens with zero attached hydrogens (tertiary/aromatic N) is 2. The summed E-state index contributed by atoms with van der Waals surface area (Å²) in [5.74, 6) is 1.05. The van der Waals surface area contributed by atoms with E-state index in [1.54, 1.807) is 42.8 Å². The highest BCUT2D eigenvalue weighted by atomic mass is 32.2. The van der Waals surface area contributed by atoms with Gasteiger partial charge in [0.2, 0.25) is 11.8 Å². The van der Waals surface area contributed by atoms with Crippen molar-refractivity contribution in [3.05, 3.63) is 48.0 Å². The first-order valence-electron chi connectivity index (χ1n) is 9.87. The van der Waals surface area contributed by atoms with Crippen molar-refractivity contribution in [1.82, 2.24) is 4.90 Å². The summed E-state index contributed by atoms with van der Waals surface area (Å²) in [6, 6.07) is 13.6. The number of likely N-dealkylation sites (N-methyl/N-ethyl adjacent to an activating group) is 1. The van der Waals surface area contributed by atoms with Crippen molar-refractivity contribution in [3.63, 3.8) is 0 Å². The lowest BCUT2D eigenvalue weighted by Crippen LogP contribution is -2.36. The molecule has 1 atom stereocenters. The molecule has 2 aromatic rings. The molecule has 1 saturated heterocycles. The van der Waals surface area contributed by atoms with Crippen LogP contribution in [0, 0.1) is 5.92 Å². The van der Waals surface area contributed by atoms with Gasteiger partial charge >= 0.3 is 0 Å². The fourth-order valence-electron chi connectivity index (χ4n) is 3.64. The average Bonchev–Trinajstić information content (AvgIpc) is 3.18. The summed E-state index contributed by atoms with van der Waals surface area (Å²) in [6.07, 6.45) is 2.97. The fraction of sp³-hybridized carbons (Fsp3) is 0.391. The van der Waals surface area contributed by atoms with E-state index in [9.17, 15) is 9.59 Å². The quantitative estimate of drug-likeness (QED) is 0.603.